The Hall–Kier alpha value is -1.14. The molecule has 0 saturated carbocycles. The summed E-state index contributed by atoms with van der Waals surface area (Å²) < 4.78 is 5.09. The fourth-order valence-electron chi connectivity index (χ4n) is 2.29. The number of carboxylic acids is 1. The molecule has 1 aliphatic heterocycles. The molecule has 1 saturated heterocycles. The van der Waals surface area contributed by atoms with E-state index in [4.69, 9.17) is 15.6 Å². The summed E-state index contributed by atoms with van der Waals surface area (Å²) in [5.41, 5.74) is 5.48. The lowest BCUT2D eigenvalue weighted by Crippen LogP contribution is -2.42. The van der Waals surface area contributed by atoms with Crippen molar-refractivity contribution in [3.8, 4) is 0 Å². The van der Waals surface area contributed by atoms with Gasteiger partial charge in [-0.05, 0) is 18.8 Å². The van der Waals surface area contributed by atoms with Crippen LogP contribution < -0.4 is 5.73 Å². The molecule has 18 heavy (non-hydrogen) atoms. The lowest BCUT2D eigenvalue weighted by atomic mass is 9.94. The summed E-state index contributed by atoms with van der Waals surface area (Å²) in [5, 5.41) is 8.77. The topological polar surface area (TPSA) is 92.9 Å². The first-order valence-electron chi connectivity index (χ1n) is 6.29. The van der Waals surface area contributed by atoms with Crippen LogP contribution in [0.2, 0.25) is 0 Å². The average molecular weight is 258 g/mol. The first-order valence-corrected chi connectivity index (χ1v) is 6.29. The first-order chi connectivity index (χ1) is 8.56. The van der Waals surface area contributed by atoms with Gasteiger partial charge in [0.15, 0.2) is 0 Å². The fraction of sp³-hybridized carbons (Fsp3) is 0.833. The van der Waals surface area contributed by atoms with Gasteiger partial charge >= 0.3 is 5.97 Å². The zero-order valence-corrected chi connectivity index (χ0v) is 10.8. The highest BCUT2D eigenvalue weighted by molar-refractivity contribution is 5.77. The van der Waals surface area contributed by atoms with Crippen LogP contribution in [-0.2, 0) is 14.3 Å². The molecule has 1 amide bonds. The molecular weight excluding hydrogens is 236 g/mol. The van der Waals surface area contributed by atoms with Crippen molar-refractivity contribution in [2.24, 2.45) is 11.7 Å². The highest BCUT2D eigenvalue weighted by Crippen LogP contribution is 2.20. The molecule has 0 aromatic rings. The van der Waals surface area contributed by atoms with Gasteiger partial charge in [0, 0.05) is 33.2 Å². The summed E-state index contributed by atoms with van der Waals surface area (Å²) in [6.07, 6.45) is 1.89. The molecule has 3 N–H and O–H groups in total. The first kappa shape index (κ1) is 14.9. The van der Waals surface area contributed by atoms with Gasteiger partial charge in [0.25, 0.3) is 0 Å². The number of hydrogen-bond acceptors (Lipinski definition) is 4. The van der Waals surface area contributed by atoms with Crippen molar-refractivity contribution in [3.05, 3.63) is 0 Å². The monoisotopic (exact) mass is 258 g/mol. The Labute approximate surface area is 107 Å². The van der Waals surface area contributed by atoms with Gasteiger partial charge in [-0.25, -0.2) is 0 Å². The molecule has 104 valence electrons. The highest BCUT2D eigenvalue weighted by atomic mass is 16.5. The van der Waals surface area contributed by atoms with Gasteiger partial charge in [-0.15, -0.1) is 0 Å². The van der Waals surface area contributed by atoms with Crippen LogP contribution in [0.1, 0.15) is 25.7 Å². The van der Waals surface area contributed by atoms with Gasteiger partial charge in [-0.1, -0.05) is 0 Å². The van der Waals surface area contributed by atoms with Gasteiger partial charge in [0.1, 0.15) is 0 Å². The van der Waals surface area contributed by atoms with Gasteiger partial charge in [-0.3, -0.25) is 9.59 Å². The summed E-state index contributed by atoms with van der Waals surface area (Å²) in [4.78, 5) is 24.4. The van der Waals surface area contributed by atoms with Crippen LogP contribution in [-0.4, -0.2) is 54.7 Å². The number of methoxy groups -OCH3 is 1. The molecule has 0 radical (unpaired) electrons. The minimum absolute atomic E-state index is 0.00221. The Morgan fingerprint density at radius 2 is 2.28 bits per heavy atom. The number of nitrogens with zero attached hydrogens (tertiary/aromatic N) is 1. The van der Waals surface area contributed by atoms with Crippen molar-refractivity contribution < 1.29 is 19.4 Å². The standard InChI is InChI=1S/C12H22N2O4/c1-18-10(7-13)6-11(15)14-4-2-3-9(8-14)5-12(16)17/h9-10H,2-8,13H2,1H3,(H,16,17). The number of rotatable bonds is 6. The van der Waals surface area contributed by atoms with Crippen LogP contribution in [0.3, 0.4) is 0 Å². The molecule has 0 aromatic carbocycles. The van der Waals surface area contributed by atoms with Crippen molar-refractivity contribution in [1.29, 1.82) is 0 Å². The van der Waals surface area contributed by atoms with E-state index in [0.29, 0.717) is 19.6 Å². The molecular formula is C12H22N2O4. The van der Waals surface area contributed by atoms with Crippen molar-refractivity contribution >= 4 is 11.9 Å². The lowest BCUT2D eigenvalue weighted by molar-refractivity contribution is -0.141. The van der Waals surface area contributed by atoms with E-state index in [1.165, 1.54) is 7.11 Å². The van der Waals surface area contributed by atoms with E-state index in [9.17, 15) is 9.59 Å². The molecule has 0 bridgehead atoms. The third-order valence-electron chi connectivity index (χ3n) is 3.33. The number of carbonyl (C=O) groups is 2. The van der Waals surface area contributed by atoms with Crippen molar-refractivity contribution in [1.82, 2.24) is 4.90 Å². The van der Waals surface area contributed by atoms with Crippen molar-refractivity contribution in [2.45, 2.75) is 31.8 Å². The summed E-state index contributed by atoms with van der Waals surface area (Å²) in [6, 6.07) is 0. The molecule has 1 fully saturated rings. The molecule has 2 atom stereocenters. The quantitative estimate of drug-likeness (QED) is 0.703. The summed E-state index contributed by atoms with van der Waals surface area (Å²) in [6.45, 7) is 1.55. The third kappa shape index (κ3) is 4.62. The molecule has 0 aliphatic carbocycles. The van der Waals surface area contributed by atoms with Gasteiger partial charge < -0.3 is 20.5 Å². The number of hydrogen-bond donors (Lipinski definition) is 2. The van der Waals surface area contributed by atoms with Crippen LogP contribution in [0, 0.1) is 5.92 Å². The lowest BCUT2D eigenvalue weighted by Gasteiger charge is -2.32. The van der Waals surface area contributed by atoms with Gasteiger partial charge in [0.2, 0.25) is 5.91 Å². The van der Waals surface area contributed by atoms with E-state index >= 15 is 0 Å². The number of likely N-dealkylation sites (tertiary alicyclic amines) is 1. The summed E-state index contributed by atoms with van der Waals surface area (Å²) >= 11 is 0. The number of carbonyl (C=O) groups excluding carboxylic acids is 1. The number of amides is 1. The normalized spacial score (nSPS) is 21.7. The zero-order chi connectivity index (χ0) is 13.5. The predicted octanol–water partition coefficient (Wildman–Crippen LogP) is 0.0635. The zero-order valence-electron chi connectivity index (χ0n) is 10.8. The number of piperidine rings is 1. The number of nitrogens with two attached hydrogens (primary N) is 1. The Bertz CT molecular complexity index is 292. The fourth-order valence-corrected chi connectivity index (χ4v) is 2.29. The average Bonchev–Trinajstić information content (AvgIpc) is 2.35. The van der Waals surface area contributed by atoms with E-state index in [0.717, 1.165) is 12.8 Å². The third-order valence-corrected chi connectivity index (χ3v) is 3.33. The minimum Gasteiger partial charge on any atom is -0.481 e. The Kier molecular flexibility index (Phi) is 6.07. The Morgan fingerprint density at radius 1 is 1.56 bits per heavy atom. The second kappa shape index (κ2) is 7.33. The number of ether oxygens (including phenoxy) is 1. The molecule has 0 spiro atoms. The maximum Gasteiger partial charge on any atom is 0.303 e. The van der Waals surface area contributed by atoms with Crippen LogP contribution >= 0.6 is 0 Å². The second-order valence-corrected chi connectivity index (χ2v) is 4.74. The SMILES string of the molecule is COC(CN)CC(=O)N1CCCC(CC(=O)O)C1. The molecule has 0 aromatic heterocycles. The predicted molar refractivity (Wildman–Crippen MR) is 66.0 cm³/mol. The van der Waals surface area contributed by atoms with E-state index in [1.54, 1.807) is 4.90 Å². The van der Waals surface area contributed by atoms with Crippen LogP contribution in [0.5, 0.6) is 0 Å². The largest absolute Gasteiger partial charge is 0.481 e. The molecule has 1 heterocycles. The molecule has 6 heteroatoms. The van der Waals surface area contributed by atoms with Crippen molar-refractivity contribution in [2.75, 3.05) is 26.7 Å². The molecule has 1 rings (SSSR count). The maximum absolute atomic E-state index is 12.0. The van der Waals surface area contributed by atoms with Crippen molar-refractivity contribution in [3.63, 3.8) is 0 Å². The minimum atomic E-state index is -0.800. The van der Waals surface area contributed by atoms with Crippen LogP contribution in [0.4, 0.5) is 0 Å². The highest BCUT2D eigenvalue weighted by Gasteiger charge is 2.26. The summed E-state index contributed by atoms with van der Waals surface area (Å²) in [5.74, 6) is -0.729. The summed E-state index contributed by atoms with van der Waals surface area (Å²) in [7, 11) is 1.54. The Morgan fingerprint density at radius 3 is 2.83 bits per heavy atom. The van der Waals surface area contributed by atoms with Gasteiger partial charge in [-0.2, -0.15) is 0 Å². The molecule has 6 nitrogen and oxygen atoms in total. The smallest absolute Gasteiger partial charge is 0.303 e. The second-order valence-electron chi connectivity index (χ2n) is 4.74. The Balaban J connectivity index is 2.45. The van der Waals surface area contributed by atoms with E-state index < -0.39 is 5.97 Å². The number of carboxylic acid groups (broad SMARTS) is 1. The van der Waals surface area contributed by atoms with E-state index in [1.807, 2.05) is 0 Å². The molecule has 2 unspecified atom stereocenters. The van der Waals surface area contributed by atoms with Crippen LogP contribution in [0.25, 0.3) is 0 Å². The van der Waals surface area contributed by atoms with E-state index in [-0.39, 0.29) is 30.8 Å². The van der Waals surface area contributed by atoms with Crippen LogP contribution in [0.15, 0.2) is 0 Å². The van der Waals surface area contributed by atoms with Gasteiger partial charge in [0.05, 0.1) is 12.5 Å². The number of aliphatic carboxylic acids is 1. The van der Waals surface area contributed by atoms with E-state index in [2.05, 4.69) is 0 Å². The maximum atomic E-state index is 12.0. The molecule has 1 aliphatic rings.